The van der Waals surface area contributed by atoms with Gasteiger partial charge in [-0.15, -0.1) is 0 Å². The second-order valence-corrected chi connectivity index (χ2v) is 13.1. The Labute approximate surface area is 184 Å². The van der Waals surface area contributed by atoms with E-state index in [-0.39, 0.29) is 5.79 Å². The molecule has 2 heterocycles. The molecule has 0 bridgehead atoms. The zero-order valence-corrected chi connectivity index (χ0v) is 20.1. The molecule has 6 rings (SSSR count). The predicted molar refractivity (Wildman–Crippen MR) is 121 cm³/mol. The van der Waals surface area contributed by atoms with Gasteiger partial charge in [0.2, 0.25) is 0 Å². The van der Waals surface area contributed by atoms with Crippen molar-refractivity contribution >= 4 is 0 Å². The van der Waals surface area contributed by atoms with Crippen LogP contribution in [0.3, 0.4) is 0 Å². The van der Waals surface area contributed by atoms with Gasteiger partial charge in [-0.1, -0.05) is 46.3 Å². The summed E-state index contributed by atoms with van der Waals surface area (Å²) < 4.78 is 13.4. The minimum absolute atomic E-state index is 0.266. The first-order valence-electron chi connectivity index (χ1n) is 13.3. The second kappa shape index (κ2) is 6.60. The molecule has 0 aromatic heterocycles. The first-order valence-corrected chi connectivity index (χ1v) is 13.3. The quantitative estimate of drug-likeness (QED) is 0.399. The summed E-state index contributed by atoms with van der Waals surface area (Å²) in [4.78, 5) is 0. The average molecular weight is 413 g/mol. The number of fused-ring (bicyclic) bond motifs is 7. The molecule has 1 spiro atoms. The maximum absolute atomic E-state index is 6.92. The lowest BCUT2D eigenvalue weighted by atomic mass is 9.46. The first-order chi connectivity index (χ1) is 14.3. The minimum Gasteiger partial charge on any atom is -0.349 e. The molecular formula is C28H44O2. The van der Waals surface area contributed by atoms with Crippen molar-refractivity contribution in [2.24, 2.45) is 52.3 Å². The van der Waals surface area contributed by atoms with Gasteiger partial charge in [0, 0.05) is 12.3 Å². The standard InChI is InChI=1S/C28H44O2/c1-17-8-11-26(4)20(14-17)6-7-21-22(26)10-12-27(5)23(21)15-24-25(27)19(3)28(30-24)13-9-18(2)16-29-28/h6,17-19,21-25H,7-16H2,1-5H3/t17-,18?,19?,21?,22?,23?,24?,25?,26-,27-,28?/m0/s1. The summed E-state index contributed by atoms with van der Waals surface area (Å²) >= 11 is 0. The van der Waals surface area contributed by atoms with Crippen LogP contribution in [0.2, 0.25) is 0 Å². The first kappa shape index (κ1) is 20.3. The van der Waals surface area contributed by atoms with E-state index in [4.69, 9.17) is 9.47 Å². The summed E-state index contributed by atoms with van der Waals surface area (Å²) in [5.74, 6) is 5.20. The Hall–Kier alpha value is -0.340. The van der Waals surface area contributed by atoms with Gasteiger partial charge in [-0.3, -0.25) is 0 Å². The van der Waals surface area contributed by atoms with Crippen LogP contribution in [-0.2, 0) is 9.47 Å². The van der Waals surface area contributed by atoms with Crippen molar-refractivity contribution in [3.63, 3.8) is 0 Å². The molecule has 6 aliphatic rings. The highest BCUT2D eigenvalue weighted by molar-refractivity contribution is 5.26. The van der Waals surface area contributed by atoms with Gasteiger partial charge in [-0.25, -0.2) is 0 Å². The fourth-order valence-electron chi connectivity index (χ4n) is 9.86. The SMILES string of the molecule is CC1CCC2(OC1)OC1CC3C4CC=C5C[C@@H](C)CC[C@]5(C)C4CC[C@]3(C)C1C2C. The van der Waals surface area contributed by atoms with Gasteiger partial charge < -0.3 is 9.47 Å². The molecule has 2 aliphatic heterocycles. The Morgan fingerprint density at radius 1 is 0.933 bits per heavy atom. The number of allylic oxidation sites excluding steroid dienone is 2. The van der Waals surface area contributed by atoms with Crippen molar-refractivity contribution in [3.05, 3.63) is 11.6 Å². The van der Waals surface area contributed by atoms with Crippen LogP contribution in [0.1, 0.15) is 92.4 Å². The van der Waals surface area contributed by atoms with E-state index in [0.717, 1.165) is 36.7 Å². The van der Waals surface area contributed by atoms with E-state index in [1.165, 1.54) is 51.4 Å². The fourth-order valence-corrected chi connectivity index (χ4v) is 9.86. The van der Waals surface area contributed by atoms with Crippen LogP contribution >= 0.6 is 0 Å². The highest BCUT2D eigenvalue weighted by Gasteiger charge is 2.68. The molecule has 0 amide bonds. The molecule has 0 radical (unpaired) electrons. The van der Waals surface area contributed by atoms with Crippen molar-refractivity contribution in [2.45, 2.75) is 104 Å². The molecule has 8 unspecified atom stereocenters. The van der Waals surface area contributed by atoms with Crippen LogP contribution in [0.25, 0.3) is 0 Å². The maximum Gasteiger partial charge on any atom is 0.171 e. The van der Waals surface area contributed by atoms with Crippen LogP contribution in [0.15, 0.2) is 11.6 Å². The van der Waals surface area contributed by atoms with Gasteiger partial charge in [0.15, 0.2) is 5.79 Å². The van der Waals surface area contributed by atoms with E-state index in [1.54, 1.807) is 0 Å². The van der Waals surface area contributed by atoms with E-state index < -0.39 is 0 Å². The minimum atomic E-state index is -0.266. The Kier molecular flexibility index (Phi) is 4.46. The molecule has 0 N–H and O–H groups in total. The summed E-state index contributed by atoms with van der Waals surface area (Å²) in [5, 5.41) is 0. The zero-order valence-electron chi connectivity index (χ0n) is 20.1. The van der Waals surface area contributed by atoms with E-state index in [1.807, 2.05) is 5.57 Å². The van der Waals surface area contributed by atoms with Crippen molar-refractivity contribution in [2.75, 3.05) is 6.61 Å². The Bertz CT molecular complexity index is 733. The lowest BCUT2D eigenvalue weighted by molar-refractivity contribution is -0.272. The van der Waals surface area contributed by atoms with Crippen LogP contribution < -0.4 is 0 Å². The van der Waals surface area contributed by atoms with Crippen molar-refractivity contribution in [3.8, 4) is 0 Å². The number of hydrogen-bond acceptors (Lipinski definition) is 2. The number of ether oxygens (including phenoxy) is 2. The van der Waals surface area contributed by atoms with Gasteiger partial charge in [0.05, 0.1) is 12.7 Å². The van der Waals surface area contributed by atoms with Crippen LogP contribution in [0.5, 0.6) is 0 Å². The number of hydrogen-bond donors (Lipinski definition) is 0. The zero-order chi connectivity index (χ0) is 20.9. The highest BCUT2D eigenvalue weighted by Crippen LogP contribution is 2.70. The van der Waals surface area contributed by atoms with Crippen molar-refractivity contribution in [1.82, 2.24) is 0 Å². The van der Waals surface area contributed by atoms with Crippen LogP contribution in [-0.4, -0.2) is 18.5 Å². The molecule has 168 valence electrons. The highest BCUT2D eigenvalue weighted by atomic mass is 16.7. The molecule has 2 heteroatoms. The van der Waals surface area contributed by atoms with E-state index in [0.29, 0.717) is 34.7 Å². The smallest absolute Gasteiger partial charge is 0.171 e. The monoisotopic (exact) mass is 412 g/mol. The molecule has 4 aliphatic carbocycles. The average Bonchev–Trinajstić information content (AvgIpc) is 3.16. The maximum atomic E-state index is 6.92. The Morgan fingerprint density at radius 2 is 1.73 bits per heavy atom. The van der Waals surface area contributed by atoms with Gasteiger partial charge in [0.25, 0.3) is 0 Å². The molecule has 30 heavy (non-hydrogen) atoms. The third-order valence-corrected chi connectivity index (χ3v) is 11.6. The third kappa shape index (κ3) is 2.56. The molecule has 0 aromatic rings. The molecule has 5 fully saturated rings. The summed E-state index contributed by atoms with van der Waals surface area (Å²) in [7, 11) is 0. The number of rotatable bonds is 0. The summed E-state index contributed by atoms with van der Waals surface area (Å²) in [6.45, 7) is 13.5. The third-order valence-electron chi connectivity index (χ3n) is 11.6. The predicted octanol–water partition coefficient (Wildman–Crippen LogP) is 6.99. The molecule has 0 aromatic carbocycles. The summed E-state index contributed by atoms with van der Waals surface area (Å²) in [5.41, 5.74) is 2.77. The molecular weight excluding hydrogens is 368 g/mol. The largest absolute Gasteiger partial charge is 0.349 e. The molecule has 3 saturated carbocycles. The molecule has 2 saturated heterocycles. The summed E-state index contributed by atoms with van der Waals surface area (Å²) in [6, 6.07) is 0. The van der Waals surface area contributed by atoms with Gasteiger partial charge >= 0.3 is 0 Å². The van der Waals surface area contributed by atoms with Crippen LogP contribution in [0, 0.1) is 52.3 Å². The van der Waals surface area contributed by atoms with Gasteiger partial charge in [0.1, 0.15) is 0 Å². The Balaban J connectivity index is 1.28. The normalized spacial score (nSPS) is 59.8. The Morgan fingerprint density at radius 3 is 2.50 bits per heavy atom. The van der Waals surface area contributed by atoms with E-state index in [2.05, 4.69) is 40.7 Å². The second-order valence-electron chi connectivity index (χ2n) is 13.1. The van der Waals surface area contributed by atoms with E-state index in [9.17, 15) is 0 Å². The lowest BCUT2D eigenvalue weighted by Crippen LogP contribution is -2.52. The van der Waals surface area contributed by atoms with Gasteiger partial charge in [-0.2, -0.15) is 0 Å². The lowest BCUT2D eigenvalue weighted by Gasteiger charge is -2.58. The van der Waals surface area contributed by atoms with Crippen LogP contribution in [0.4, 0.5) is 0 Å². The van der Waals surface area contributed by atoms with Gasteiger partial charge in [-0.05, 0) is 97.7 Å². The fraction of sp³-hybridized carbons (Fsp3) is 0.929. The molecule has 2 nitrogen and oxygen atoms in total. The van der Waals surface area contributed by atoms with Crippen molar-refractivity contribution in [1.29, 1.82) is 0 Å². The van der Waals surface area contributed by atoms with E-state index >= 15 is 0 Å². The topological polar surface area (TPSA) is 18.5 Å². The van der Waals surface area contributed by atoms with Crippen molar-refractivity contribution < 1.29 is 9.47 Å². The molecule has 11 atom stereocenters. The summed E-state index contributed by atoms with van der Waals surface area (Å²) in [6.07, 6.45) is 15.3.